The van der Waals surface area contributed by atoms with Gasteiger partial charge in [-0.05, 0) is 38.9 Å². The second-order valence-electron chi connectivity index (χ2n) is 4.36. The third kappa shape index (κ3) is 2.56. The number of aromatic nitrogens is 1. The predicted octanol–water partition coefficient (Wildman–Crippen LogP) is 3.45. The molecule has 0 unspecified atom stereocenters. The molecule has 1 aromatic carbocycles. The Balaban J connectivity index is 2.55. The summed E-state index contributed by atoms with van der Waals surface area (Å²) in [4.78, 5) is 5.91. The maximum Gasteiger partial charge on any atom is 0.0904 e. The molecule has 0 bridgehead atoms. The Morgan fingerprint density at radius 1 is 1.24 bits per heavy atom. The van der Waals surface area contributed by atoms with Gasteiger partial charge in [0, 0.05) is 6.54 Å². The van der Waals surface area contributed by atoms with Crippen LogP contribution in [-0.2, 0) is 6.54 Å². The Bertz CT molecular complexity index is 529. The first-order valence-corrected chi connectivity index (χ1v) is 6.62. The third-order valence-corrected chi connectivity index (χ3v) is 3.83. The van der Waals surface area contributed by atoms with E-state index in [1.54, 1.807) is 11.3 Å². The summed E-state index contributed by atoms with van der Waals surface area (Å²) in [6.07, 6.45) is 0. The minimum atomic E-state index is 0.826. The van der Waals surface area contributed by atoms with Crippen LogP contribution in [0, 0.1) is 20.8 Å². The zero-order valence-corrected chi connectivity index (χ0v) is 11.6. The van der Waals surface area contributed by atoms with E-state index in [4.69, 9.17) is 0 Å². The van der Waals surface area contributed by atoms with Crippen molar-refractivity contribution in [1.82, 2.24) is 10.3 Å². The third-order valence-electron chi connectivity index (χ3n) is 2.79. The molecule has 0 fully saturated rings. The van der Waals surface area contributed by atoms with Crippen LogP contribution in [0.15, 0.2) is 18.2 Å². The van der Waals surface area contributed by atoms with E-state index in [-0.39, 0.29) is 0 Å². The lowest BCUT2D eigenvalue weighted by Gasteiger charge is -2.07. The standard InChI is InChI=1S/C14H18N2S/c1-9-5-6-10(2)12(7-9)14-13(8-15-4)16-11(3)17-14/h5-7,15H,8H2,1-4H3. The molecule has 0 atom stereocenters. The van der Waals surface area contributed by atoms with Crippen molar-refractivity contribution in [3.05, 3.63) is 40.0 Å². The van der Waals surface area contributed by atoms with Gasteiger partial charge in [-0.25, -0.2) is 4.98 Å². The van der Waals surface area contributed by atoms with Crippen molar-refractivity contribution in [2.75, 3.05) is 7.05 Å². The summed E-state index contributed by atoms with van der Waals surface area (Å²) < 4.78 is 0. The van der Waals surface area contributed by atoms with Crippen molar-refractivity contribution in [2.24, 2.45) is 0 Å². The lowest BCUT2D eigenvalue weighted by Crippen LogP contribution is -2.06. The molecule has 2 aromatic rings. The van der Waals surface area contributed by atoms with Crippen molar-refractivity contribution >= 4 is 11.3 Å². The average Bonchev–Trinajstić information content (AvgIpc) is 2.64. The molecular weight excluding hydrogens is 228 g/mol. The van der Waals surface area contributed by atoms with E-state index in [1.807, 2.05) is 7.05 Å². The van der Waals surface area contributed by atoms with Crippen LogP contribution < -0.4 is 5.32 Å². The van der Waals surface area contributed by atoms with Gasteiger partial charge in [0.2, 0.25) is 0 Å². The topological polar surface area (TPSA) is 24.9 Å². The number of nitrogens with zero attached hydrogens (tertiary/aromatic N) is 1. The highest BCUT2D eigenvalue weighted by Crippen LogP contribution is 2.33. The summed E-state index contributed by atoms with van der Waals surface area (Å²) in [5.41, 5.74) is 5.09. The van der Waals surface area contributed by atoms with Crippen molar-refractivity contribution in [3.63, 3.8) is 0 Å². The number of aryl methyl sites for hydroxylation is 3. The summed E-state index contributed by atoms with van der Waals surface area (Å²) in [7, 11) is 1.96. The summed E-state index contributed by atoms with van der Waals surface area (Å²) in [5, 5.41) is 4.32. The number of hydrogen-bond donors (Lipinski definition) is 1. The number of nitrogens with one attached hydrogen (secondary N) is 1. The van der Waals surface area contributed by atoms with Gasteiger partial charge < -0.3 is 5.32 Å². The van der Waals surface area contributed by atoms with Crippen molar-refractivity contribution in [3.8, 4) is 10.4 Å². The number of rotatable bonds is 3. The second kappa shape index (κ2) is 4.98. The fourth-order valence-corrected chi connectivity index (χ4v) is 2.97. The van der Waals surface area contributed by atoms with Gasteiger partial charge in [-0.2, -0.15) is 0 Å². The monoisotopic (exact) mass is 246 g/mol. The Kier molecular flexibility index (Phi) is 3.60. The minimum Gasteiger partial charge on any atom is -0.314 e. The van der Waals surface area contributed by atoms with Gasteiger partial charge in [0.1, 0.15) is 0 Å². The number of hydrogen-bond acceptors (Lipinski definition) is 3. The van der Waals surface area contributed by atoms with Crippen LogP contribution in [0.2, 0.25) is 0 Å². The lowest BCUT2D eigenvalue weighted by atomic mass is 10.0. The molecule has 0 saturated heterocycles. The number of benzene rings is 1. The predicted molar refractivity (Wildman–Crippen MR) is 74.5 cm³/mol. The molecular formula is C14H18N2S. The fraction of sp³-hybridized carbons (Fsp3) is 0.357. The number of thiazole rings is 1. The van der Waals surface area contributed by atoms with Gasteiger partial charge in [0.05, 0.1) is 15.6 Å². The zero-order chi connectivity index (χ0) is 12.4. The molecule has 0 aliphatic heterocycles. The molecule has 0 aliphatic carbocycles. The molecule has 2 rings (SSSR count). The molecule has 0 saturated carbocycles. The van der Waals surface area contributed by atoms with Crippen molar-refractivity contribution in [1.29, 1.82) is 0 Å². The van der Waals surface area contributed by atoms with E-state index < -0.39 is 0 Å². The molecule has 0 radical (unpaired) electrons. The Morgan fingerprint density at radius 2 is 2.00 bits per heavy atom. The molecule has 3 heteroatoms. The maximum absolute atomic E-state index is 4.60. The Morgan fingerprint density at radius 3 is 2.71 bits per heavy atom. The molecule has 0 aliphatic rings. The highest BCUT2D eigenvalue weighted by atomic mass is 32.1. The zero-order valence-electron chi connectivity index (χ0n) is 10.8. The first kappa shape index (κ1) is 12.3. The molecule has 1 aromatic heterocycles. The highest BCUT2D eigenvalue weighted by molar-refractivity contribution is 7.15. The van der Waals surface area contributed by atoms with Crippen LogP contribution in [-0.4, -0.2) is 12.0 Å². The molecule has 1 heterocycles. The normalized spacial score (nSPS) is 10.8. The first-order chi connectivity index (χ1) is 8.11. The average molecular weight is 246 g/mol. The van der Waals surface area contributed by atoms with Crippen LogP contribution in [0.1, 0.15) is 21.8 Å². The molecule has 17 heavy (non-hydrogen) atoms. The largest absolute Gasteiger partial charge is 0.314 e. The van der Waals surface area contributed by atoms with E-state index in [2.05, 4.69) is 49.3 Å². The summed E-state index contributed by atoms with van der Waals surface area (Å²) in [6.45, 7) is 7.19. The molecule has 90 valence electrons. The quantitative estimate of drug-likeness (QED) is 0.897. The molecule has 2 nitrogen and oxygen atoms in total. The molecule has 0 amide bonds. The van der Waals surface area contributed by atoms with Crippen LogP contribution >= 0.6 is 11.3 Å². The smallest absolute Gasteiger partial charge is 0.0904 e. The summed E-state index contributed by atoms with van der Waals surface area (Å²) in [5.74, 6) is 0. The fourth-order valence-electron chi connectivity index (χ4n) is 1.95. The maximum atomic E-state index is 4.60. The molecule has 0 spiro atoms. The van der Waals surface area contributed by atoms with Crippen LogP contribution in [0.3, 0.4) is 0 Å². The minimum absolute atomic E-state index is 0.826. The van der Waals surface area contributed by atoms with E-state index in [9.17, 15) is 0 Å². The Hall–Kier alpha value is -1.19. The van der Waals surface area contributed by atoms with Crippen LogP contribution in [0.4, 0.5) is 0 Å². The van der Waals surface area contributed by atoms with E-state index in [1.165, 1.54) is 21.6 Å². The summed E-state index contributed by atoms with van der Waals surface area (Å²) in [6, 6.07) is 6.59. The molecule has 1 N–H and O–H groups in total. The van der Waals surface area contributed by atoms with E-state index in [0.29, 0.717) is 0 Å². The van der Waals surface area contributed by atoms with Crippen LogP contribution in [0.25, 0.3) is 10.4 Å². The van der Waals surface area contributed by atoms with Gasteiger partial charge in [0.15, 0.2) is 0 Å². The highest BCUT2D eigenvalue weighted by Gasteiger charge is 2.12. The van der Waals surface area contributed by atoms with Gasteiger partial charge in [-0.3, -0.25) is 0 Å². The van der Waals surface area contributed by atoms with Crippen LogP contribution in [0.5, 0.6) is 0 Å². The van der Waals surface area contributed by atoms with Gasteiger partial charge in [-0.1, -0.05) is 23.8 Å². The second-order valence-corrected chi connectivity index (χ2v) is 5.56. The Labute approximate surface area is 107 Å². The van der Waals surface area contributed by atoms with E-state index in [0.717, 1.165) is 17.2 Å². The van der Waals surface area contributed by atoms with Gasteiger partial charge >= 0.3 is 0 Å². The first-order valence-electron chi connectivity index (χ1n) is 5.80. The van der Waals surface area contributed by atoms with Crippen molar-refractivity contribution in [2.45, 2.75) is 27.3 Å². The lowest BCUT2D eigenvalue weighted by molar-refractivity contribution is 0.796. The summed E-state index contributed by atoms with van der Waals surface area (Å²) >= 11 is 1.78. The van der Waals surface area contributed by atoms with Gasteiger partial charge in [0.25, 0.3) is 0 Å². The van der Waals surface area contributed by atoms with E-state index >= 15 is 0 Å². The van der Waals surface area contributed by atoms with Crippen molar-refractivity contribution < 1.29 is 0 Å². The SMILES string of the molecule is CNCc1nc(C)sc1-c1cc(C)ccc1C. The van der Waals surface area contributed by atoms with Gasteiger partial charge in [-0.15, -0.1) is 11.3 Å².